The number of rotatable bonds is 9. The van der Waals surface area contributed by atoms with Crippen molar-refractivity contribution in [1.29, 1.82) is 0 Å². The molecular weight excluding hydrogens is 292 g/mol. The number of hydrogen-bond acceptors (Lipinski definition) is 4. The summed E-state index contributed by atoms with van der Waals surface area (Å²) < 4.78 is 26.7. The SMILES string of the molecule is Cc1ccc(CC(C)NS(=O)(=O)CCCNC2CC2)s1. The summed E-state index contributed by atoms with van der Waals surface area (Å²) in [5.41, 5.74) is 0. The molecule has 1 aromatic rings. The lowest BCUT2D eigenvalue weighted by molar-refractivity contribution is 0.555. The predicted molar refractivity (Wildman–Crippen MR) is 84.8 cm³/mol. The summed E-state index contributed by atoms with van der Waals surface area (Å²) >= 11 is 1.73. The second-order valence-electron chi connectivity index (χ2n) is 5.64. The molecule has 114 valence electrons. The van der Waals surface area contributed by atoms with Gasteiger partial charge in [-0.2, -0.15) is 0 Å². The van der Waals surface area contributed by atoms with Gasteiger partial charge < -0.3 is 5.32 Å². The number of hydrogen-bond donors (Lipinski definition) is 2. The van der Waals surface area contributed by atoms with Crippen LogP contribution in [0.15, 0.2) is 12.1 Å². The Bertz CT molecular complexity index is 521. The molecule has 0 saturated heterocycles. The first-order valence-corrected chi connectivity index (χ1v) is 9.70. The zero-order valence-corrected chi connectivity index (χ0v) is 13.8. The fourth-order valence-electron chi connectivity index (χ4n) is 2.16. The van der Waals surface area contributed by atoms with Crippen molar-refractivity contribution in [2.75, 3.05) is 12.3 Å². The summed E-state index contributed by atoms with van der Waals surface area (Å²) in [6, 6.07) is 4.75. The Morgan fingerprint density at radius 3 is 2.75 bits per heavy atom. The van der Waals surface area contributed by atoms with Gasteiger partial charge in [0.15, 0.2) is 0 Å². The first-order chi connectivity index (χ1) is 9.44. The van der Waals surface area contributed by atoms with Crippen LogP contribution in [-0.4, -0.2) is 32.8 Å². The zero-order chi connectivity index (χ0) is 14.6. The Balaban J connectivity index is 1.69. The third-order valence-corrected chi connectivity index (χ3v) is 5.89. The van der Waals surface area contributed by atoms with Crippen LogP contribution in [0, 0.1) is 6.92 Å². The highest BCUT2D eigenvalue weighted by Crippen LogP contribution is 2.18. The summed E-state index contributed by atoms with van der Waals surface area (Å²) in [6.45, 7) is 4.79. The van der Waals surface area contributed by atoms with Crippen molar-refractivity contribution in [3.63, 3.8) is 0 Å². The molecule has 0 aromatic carbocycles. The average Bonchev–Trinajstić information content (AvgIpc) is 3.08. The van der Waals surface area contributed by atoms with E-state index in [1.54, 1.807) is 11.3 Å². The van der Waals surface area contributed by atoms with Crippen LogP contribution in [0.3, 0.4) is 0 Å². The van der Waals surface area contributed by atoms with Crippen molar-refractivity contribution in [3.05, 3.63) is 21.9 Å². The monoisotopic (exact) mass is 316 g/mol. The number of aryl methyl sites for hydroxylation is 1. The van der Waals surface area contributed by atoms with Gasteiger partial charge in [0.1, 0.15) is 0 Å². The van der Waals surface area contributed by atoms with Gasteiger partial charge in [-0.25, -0.2) is 13.1 Å². The van der Waals surface area contributed by atoms with Crippen LogP contribution in [0.4, 0.5) is 0 Å². The highest BCUT2D eigenvalue weighted by atomic mass is 32.2. The molecule has 2 rings (SSSR count). The van der Waals surface area contributed by atoms with Crippen LogP contribution in [0.25, 0.3) is 0 Å². The van der Waals surface area contributed by atoms with E-state index in [1.165, 1.54) is 22.6 Å². The van der Waals surface area contributed by atoms with Gasteiger partial charge in [-0.3, -0.25) is 0 Å². The molecule has 1 aliphatic carbocycles. The smallest absolute Gasteiger partial charge is 0.211 e. The van der Waals surface area contributed by atoms with Crippen molar-refractivity contribution in [2.45, 2.75) is 51.6 Å². The Labute approximate surface area is 126 Å². The third kappa shape index (κ3) is 5.91. The number of sulfonamides is 1. The molecule has 0 amide bonds. The maximum Gasteiger partial charge on any atom is 0.211 e. The first-order valence-electron chi connectivity index (χ1n) is 7.23. The van der Waals surface area contributed by atoms with Gasteiger partial charge in [-0.15, -0.1) is 11.3 Å². The lowest BCUT2D eigenvalue weighted by Crippen LogP contribution is -2.36. The van der Waals surface area contributed by atoms with E-state index in [1.807, 2.05) is 6.92 Å². The van der Waals surface area contributed by atoms with Crippen LogP contribution in [0.5, 0.6) is 0 Å². The second-order valence-corrected chi connectivity index (χ2v) is 8.88. The van der Waals surface area contributed by atoms with E-state index < -0.39 is 10.0 Å². The van der Waals surface area contributed by atoms with Crippen molar-refractivity contribution < 1.29 is 8.42 Å². The van der Waals surface area contributed by atoms with Gasteiger partial charge in [-0.1, -0.05) is 0 Å². The predicted octanol–water partition coefficient (Wildman–Crippen LogP) is 2.05. The fourth-order valence-corrected chi connectivity index (χ4v) is 4.52. The molecule has 0 bridgehead atoms. The van der Waals surface area contributed by atoms with E-state index in [-0.39, 0.29) is 11.8 Å². The maximum absolute atomic E-state index is 12.0. The second kappa shape index (κ2) is 7.02. The van der Waals surface area contributed by atoms with Crippen molar-refractivity contribution >= 4 is 21.4 Å². The van der Waals surface area contributed by atoms with E-state index in [0.29, 0.717) is 12.5 Å². The highest BCUT2D eigenvalue weighted by Gasteiger charge is 2.20. The van der Waals surface area contributed by atoms with Crippen LogP contribution < -0.4 is 10.0 Å². The van der Waals surface area contributed by atoms with Crippen LogP contribution in [-0.2, 0) is 16.4 Å². The van der Waals surface area contributed by atoms with E-state index in [9.17, 15) is 8.42 Å². The normalized spacial score (nSPS) is 17.3. The molecule has 0 aliphatic heterocycles. The van der Waals surface area contributed by atoms with Gasteiger partial charge in [0.25, 0.3) is 0 Å². The average molecular weight is 316 g/mol. The standard InChI is InChI=1S/C14H24N2O2S2/c1-11(10-14-7-4-12(2)19-14)16-20(17,18)9-3-8-15-13-5-6-13/h4,7,11,13,15-16H,3,5-6,8-10H2,1-2H3. The Kier molecular flexibility index (Phi) is 5.60. The molecule has 20 heavy (non-hydrogen) atoms. The van der Waals surface area contributed by atoms with Crippen LogP contribution in [0.1, 0.15) is 35.9 Å². The van der Waals surface area contributed by atoms with Crippen LogP contribution in [0.2, 0.25) is 0 Å². The lowest BCUT2D eigenvalue weighted by atomic mass is 10.2. The molecule has 1 saturated carbocycles. The summed E-state index contributed by atoms with van der Waals surface area (Å²) in [6.07, 6.45) is 3.92. The zero-order valence-electron chi connectivity index (χ0n) is 12.2. The van der Waals surface area contributed by atoms with Gasteiger partial charge >= 0.3 is 0 Å². The van der Waals surface area contributed by atoms with E-state index in [4.69, 9.17) is 0 Å². The molecule has 6 heteroatoms. The van der Waals surface area contributed by atoms with Gasteiger partial charge in [0.2, 0.25) is 10.0 Å². The van der Waals surface area contributed by atoms with Crippen molar-refractivity contribution in [1.82, 2.24) is 10.0 Å². The summed E-state index contributed by atoms with van der Waals surface area (Å²) in [7, 11) is -3.16. The molecule has 0 spiro atoms. The minimum Gasteiger partial charge on any atom is -0.314 e. The topological polar surface area (TPSA) is 58.2 Å². The summed E-state index contributed by atoms with van der Waals surface area (Å²) in [5, 5.41) is 3.33. The molecule has 1 atom stereocenters. The minimum absolute atomic E-state index is 0.0468. The summed E-state index contributed by atoms with van der Waals surface area (Å²) in [5.74, 6) is 0.209. The molecular formula is C14H24N2O2S2. The Morgan fingerprint density at radius 2 is 2.15 bits per heavy atom. The molecule has 1 heterocycles. The maximum atomic E-state index is 12.0. The van der Waals surface area contributed by atoms with Gasteiger partial charge in [-0.05, 0) is 58.2 Å². The highest BCUT2D eigenvalue weighted by molar-refractivity contribution is 7.89. The Morgan fingerprint density at radius 1 is 1.40 bits per heavy atom. The van der Waals surface area contributed by atoms with E-state index in [0.717, 1.165) is 13.0 Å². The van der Waals surface area contributed by atoms with Crippen molar-refractivity contribution in [2.24, 2.45) is 0 Å². The lowest BCUT2D eigenvalue weighted by Gasteiger charge is -2.13. The third-order valence-electron chi connectivity index (χ3n) is 3.28. The van der Waals surface area contributed by atoms with Crippen LogP contribution >= 0.6 is 11.3 Å². The Hall–Kier alpha value is -0.430. The summed E-state index contributed by atoms with van der Waals surface area (Å²) in [4.78, 5) is 2.49. The molecule has 1 fully saturated rings. The molecule has 1 aromatic heterocycles. The van der Waals surface area contributed by atoms with E-state index in [2.05, 4.69) is 29.1 Å². The number of nitrogens with one attached hydrogen (secondary N) is 2. The molecule has 1 aliphatic rings. The first kappa shape index (κ1) is 15.9. The van der Waals surface area contributed by atoms with Gasteiger partial charge in [0, 0.05) is 21.8 Å². The molecule has 2 N–H and O–H groups in total. The largest absolute Gasteiger partial charge is 0.314 e. The fraction of sp³-hybridized carbons (Fsp3) is 0.714. The number of thiophene rings is 1. The van der Waals surface area contributed by atoms with Gasteiger partial charge in [0.05, 0.1) is 5.75 Å². The van der Waals surface area contributed by atoms with E-state index >= 15 is 0 Å². The molecule has 0 radical (unpaired) electrons. The van der Waals surface area contributed by atoms with Crippen molar-refractivity contribution in [3.8, 4) is 0 Å². The minimum atomic E-state index is -3.16. The molecule has 1 unspecified atom stereocenters. The molecule has 4 nitrogen and oxygen atoms in total. The quantitative estimate of drug-likeness (QED) is 0.686.